The number of fused-ring (bicyclic) bond motifs is 1. The number of carbonyl (C=O) groups is 1. The molecule has 0 saturated carbocycles. The van der Waals surface area contributed by atoms with Crippen molar-refractivity contribution < 1.29 is 23.8 Å². The zero-order valence-electron chi connectivity index (χ0n) is 23.2. The summed E-state index contributed by atoms with van der Waals surface area (Å²) in [6, 6.07) is 13.9. The molecule has 7 heteroatoms. The van der Waals surface area contributed by atoms with Gasteiger partial charge in [-0.1, -0.05) is 37.3 Å². The molecule has 0 spiro atoms. The molecule has 1 fully saturated rings. The molecule has 1 N–H and O–H groups in total. The molecule has 2 aliphatic heterocycles. The van der Waals surface area contributed by atoms with Crippen LogP contribution in [0.25, 0.3) is 11.1 Å². The Morgan fingerprint density at radius 1 is 1.23 bits per heavy atom. The van der Waals surface area contributed by atoms with Crippen LogP contribution < -0.4 is 9.47 Å². The Balaban J connectivity index is 1.48. The second kappa shape index (κ2) is 11.0. The second-order valence-corrected chi connectivity index (χ2v) is 11.5. The SMILES string of the molecule is COc1cc(-c2ccc(C3CCc4ccc(CC(C)C(=O)O)cc4O3)cc2CN2CCCC2(C)C)c(F)cn1. The fourth-order valence-corrected chi connectivity index (χ4v) is 5.82. The highest BCUT2D eigenvalue weighted by Crippen LogP contribution is 2.39. The van der Waals surface area contributed by atoms with E-state index < -0.39 is 11.9 Å². The Morgan fingerprint density at radius 2 is 2.05 bits per heavy atom. The maximum absolute atomic E-state index is 15.0. The number of aliphatic carboxylic acids is 1. The summed E-state index contributed by atoms with van der Waals surface area (Å²) < 4.78 is 26.8. The van der Waals surface area contributed by atoms with Crippen molar-refractivity contribution in [1.29, 1.82) is 0 Å². The highest BCUT2D eigenvalue weighted by Gasteiger charge is 2.33. The van der Waals surface area contributed by atoms with E-state index in [0.717, 1.165) is 65.8 Å². The van der Waals surface area contributed by atoms with E-state index in [9.17, 15) is 9.90 Å². The highest BCUT2D eigenvalue weighted by atomic mass is 19.1. The number of methoxy groups -OCH3 is 1. The molecule has 6 nitrogen and oxygen atoms in total. The lowest BCUT2D eigenvalue weighted by atomic mass is 9.91. The van der Waals surface area contributed by atoms with Gasteiger partial charge >= 0.3 is 5.97 Å². The summed E-state index contributed by atoms with van der Waals surface area (Å²) in [5.74, 6) is -0.444. The second-order valence-electron chi connectivity index (χ2n) is 11.5. The highest BCUT2D eigenvalue weighted by molar-refractivity contribution is 5.70. The van der Waals surface area contributed by atoms with Gasteiger partial charge in [0.1, 0.15) is 17.7 Å². The fraction of sp³-hybridized carbons (Fsp3) is 0.438. The summed E-state index contributed by atoms with van der Waals surface area (Å²) in [6.07, 6.45) is 5.53. The molecule has 0 amide bonds. The molecule has 0 bridgehead atoms. The number of nitrogens with zero attached hydrogens (tertiary/aromatic N) is 2. The number of halogens is 1. The summed E-state index contributed by atoms with van der Waals surface area (Å²) in [4.78, 5) is 17.8. The van der Waals surface area contributed by atoms with Gasteiger partial charge < -0.3 is 14.6 Å². The average Bonchev–Trinajstić information content (AvgIpc) is 3.25. The molecule has 2 unspecified atom stereocenters. The third-order valence-electron chi connectivity index (χ3n) is 8.30. The molecule has 39 heavy (non-hydrogen) atoms. The zero-order valence-corrected chi connectivity index (χ0v) is 23.2. The van der Waals surface area contributed by atoms with Crippen LogP contribution >= 0.6 is 0 Å². The van der Waals surface area contributed by atoms with Gasteiger partial charge in [0.25, 0.3) is 0 Å². The van der Waals surface area contributed by atoms with Crippen LogP contribution in [0.4, 0.5) is 4.39 Å². The first-order valence-electron chi connectivity index (χ1n) is 13.7. The summed E-state index contributed by atoms with van der Waals surface area (Å²) in [7, 11) is 1.53. The molecule has 5 rings (SSSR count). The van der Waals surface area contributed by atoms with Crippen molar-refractivity contribution >= 4 is 5.97 Å². The number of ether oxygens (including phenoxy) is 2. The minimum absolute atomic E-state index is 0.0749. The number of rotatable bonds is 8. The number of hydrogen-bond donors (Lipinski definition) is 1. The molecule has 0 radical (unpaired) electrons. The number of hydrogen-bond acceptors (Lipinski definition) is 5. The topological polar surface area (TPSA) is 71.9 Å². The van der Waals surface area contributed by atoms with Gasteiger partial charge in [-0.2, -0.15) is 0 Å². The third kappa shape index (κ3) is 5.78. The van der Waals surface area contributed by atoms with Gasteiger partial charge in [0.05, 0.1) is 19.2 Å². The number of likely N-dealkylation sites (tertiary alicyclic amines) is 1. The van der Waals surface area contributed by atoms with Gasteiger partial charge in [-0.15, -0.1) is 0 Å². The van der Waals surface area contributed by atoms with Crippen molar-refractivity contribution in [3.05, 3.63) is 76.7 Å². The molecule has 2 atom stereocenters. The van der Waals surface area contributed by atoms with Crippen LogP contribution in [-0.2, 0) is 24.2 Å². The Kier molecular flexibility index (Phi) is 7.63. The Bertz CT molecular complexity index is 1370. The zero-order chi connectivity index (χ0) is 27.7. The Morgan fingerprint density at radius 3 is 2.77 bits per heavy atom. The number of carboxylic acids is 1. The van der Waals surface area contributed by atoms with Crippen LogP contribution in [-0.4, -0.2) is 40.2 Å². The number of pyridine rings is 1. The van der Waals surface area contributed by atoms with Crippen LogP contribution in [0.1, 0.15) is 68.4 Å². The predicted octanol–water partition coefficient (Wildman–Crippen LogP) is 6.60. The molecule has 1 saturated heterocycles. The summed E-state index contributed by atoms with van der Waals surface area (Å²) in [6.45, 7) is 7.97. The molecule has 0 aliphatic carbocycles. The first-order chi connectivity index (χ1) is 18.6. The Hall–Kier alpha value is -3.45. The first-order valence-corrected chi connectivity index (χ1v) is 13.7. The largest absolute Gasteiger partial charge is 0.485 e. The van der Waals surface area contributed by atoms with Crippen LogP contribution in [0.5, 0.6) is 11.6 Å². The van der Waals surface area contributed by atoms with Crippen molar-refractivity contribution in [2.75, 3.05) is 13.7 Å². The Labute approximate surface area is 229 Å². The molecule has 1 aromatic heterocycles. The van der Waals surface area contributed by atoms with Gasteiger partial charge in [0.2, 0.25) is 5.88 Å². The maximum Gasteiger partial charge on any atom is 0.306 e. The van der Waals surface area contributed by atoms with E-state index in [1.54, 1.807) is 13.0 Å². The van der Waals surface area contributed by atoms with Crippen molar-refractivity contribution in [2.24, 2.45) is 5.92 Å². The van der Waals surface area contributed by atoms with E-state index in [-0.39, 0.29) is 17.5 Å². The lowest BCUT2D eigenvalue weighted by Gasteiger charge is -2.33. The van der Waals surface area contributed by atoms with Gasteiger partial charge in [-0.05, 0) is 86.4 Å². The number of aryl methyl sites for hydroxylation is 1. The first kappa shape index (κ1) is 27.1. The summed E-state index contributed by atoms with van der Waals surface area (Å²) in [5.41, 5.74) is 5.59. The van der Waals surface area contributed by atoms with Crippen molar-refractivity contribution in [3.63, 3.8) is 0 Å². The van der Waals surface area contributed by atoms with Crippen molar-refractivity contribution in [1.82, 2.24) is 9.88 Å². The number of aromatic nitrogens is 1. The van der Waals surface area contributed by atoms with Gasteiger partial charge in [0.15, 0.2) is 0 Å². The van der Waals surface area contributed by atoms with Crippen LogP contribution in [0.3, 0.4) is 0 Å². The van der Waals surface area contributed by atoms with Gasteiger partial charge in [0, 0.05) is 23.7 Å². The minimum Gasteiger partial charge on any atom is -0.485 e. The lowest BCUT2D eigenvalue weighted by Crippen LogP contribution is -2.37. The van der Waals surface area contributed by atoms with Crippen molar-refractivity contribution in [3.8, 4) is 22.8 Å². The lowest BCUT2D eigenvalue weighted by molar-refractivity contribution is -0.141. The third-order valence-corrected chi connectivity index (χ3v) is 8.30. The van der Waals surface area contributed by atoms with Crippen LogP contribution in [0, 0.1) is 11.7 Å². The maximum atomic E-state index is 15.0. The van der Waals surface area contributed by atoms with Crippen LogP contribution in [0.2, 0.25) is 0 Å². The molecule has 2 aromatic carbocycles. The fourth-order valence-electron chi connectivity index (χ4n) is 5.82. The van der Waals surface area contributed by atoms with Crippen molar-refractivity contribution in [2.45, 2.75) is 71.1 Å². The number of carboxylic acid groups (broad SMARTS) is 1. The molecular weight excluding hydrogens is 495 g/mol. The van der Waals surface area contributed by atoms with Gasteiger partial charge in [-0.3, -0.25) is 9.69 Å². The average molecular weight is 533 g/mol. The summed E-state index contributed by atoms with van der Waals surface area (Å²) in [5, 5.41) is 9.32. The van der Waals surface area contributed by atoms with E-state index in [0.29, 0.717) is 24.4 Å². The van der Waals surface area contributed by atoms with Crippen LogP contribution in [0.15, 0.2) is 48.7 Å². The minimum atomic E-state index is -0.802. The van der Waals surface area contributed by atoms with E-state index in [2.05, 4.69) is 35.9 Å². The smallest absolute Gasteiger partial charge is 0.306 e. The molecular formula is C32H37FN2O4. The predicted molar refractivity (Wildman–Crippen MR) is 149 cm³/mol. The normalized spacial score (nSPS) is 19.3. The van der Waals surface area contributed by atoms with E-state index in [1.807, 2.05) is 24.3 Å². The number of benzene rings is 2. The molecule has 2 aliphatic rings. The monoisotopic (exact) mass is 532 g/mol. The molecule has 3 heterocycles. The standard InChI is InChI=1S/C32H37FN2O4/c1-20(31(36)37)14-21-6-7-22-9-11-28(39-29(22)15-21)23-8-10-25(26-17-30(38-4)34-18-27(26)33)24(16-23)19-35-13-5-12-32(35,2)3/h6-8,10,15-18,20,28H,5,9,11-14,19H2,1-4H3,(H,36,37). The van der Waals surface area contributed by atoms with E-state index in [1.165, 1.54) is 13.3 Å². The summed E-state index contributed by atoms with van der Waals surface area (Å²) >= 11 is 0. The molecule has 206 valence electrons. The van der Waals surface area contributed by atoms with E-state index >= 15 is 4.39 Å². The molecule has 3 aromatic rings. The quantitative estimate of drug-likeness (QED) is 0.352. The van der Waals surface area contributed by atoms with E-state index in [4.69, 9.17) is 9.47 Å². The van der Waals surface area contributed by atoms with Gasteiger partial charge in [-0.25, -0.2) is 9.37 Å².